The van der Waals surface area contributed by atoms with Gasteiger partial charge in [0.05, 0.1) is 25.4 Å². The number of hydrogen-bond donors (Lipinski definition) is 2. The average molecular weight is 284 g/mol. The van der Waals surface area contributed by atoms with Crippen molar-refractivity contribution in [2.24, 2.45) is 29.6 Å². The van der Waals surface area contributed by atoms with Crippen molar-refractivity contribution in [2.75, 3.05) is 13.2 Å². The second-order valence-electron chi connectivity index (χ2n) is 7.42. The zero-order valence-corrected chi connectivity index (χ0v) is 13.3. The van der Waals surface area contributed by atoms with E-state index in [4.69, 9.17) is 4.74 Å². The summed E-state index contributed by atoms with van der Waals surface area (Å²) >= 11 is 0. The van der Waals surface area contributed by atoms with Gasteiger partial charge in [0.1, 0.15) is 0 Å². The predicted molar refractivity (Wildman–Crippen MR) is 80.4 cm³/mol. The van der Waals surface area contributed by atoms with Crippen LogP contribution in [0.2, 0.25) is 0 Å². The Balaban J connectivity index is 1.91. The number of hydrogen-bond acceptors (Lipinski definition) is 3. The van der Waals surface area contributed by atoms with E-state index in [0.717, 1.165) is 25.7 Å². The molecule has 0 amide bonds. The quantitative estimate of drug-likeness (QED) is 0.834. The largest absolute Gasteiger partial charge is 0.393 e. The van der Waals surface area contributed by atoms with E-state index in [1.54, 1.807) is 0 Å². The fourth-order valence-electron chi connectivity index (χ4n) is 4.15. The molecule has 1 saturated carbocycles. The normalized spacial score (nSPS) is 40.8. The lowest BCUT2D eigenvalue weighted by Crippen LogP contribution is -2.44. The smallest absolute Gasteiger partial charge is 0.0643 e. The van der Waals surface area contributed by atoms with Gasteiger partial charge in [0.25, 0.3) is 0 Å². The van der Waals surface area contributed by atoms with Gasteiger partial charge in [-0.1, -0.05) is 33.6 Å². The minimum atomic E-state index is -0.244. The molecule has 0 aromatic rings. The third-order valence-corrected chi connectivity index (χ3v) is 5.61. The molecule has 0 spiro atoms. The molecule has 0 aromatic carbocycles. The van der Waals surface area contributed by atoms with E-state index in [1.165, 1.54) is 6.42 Å². The van der Waals surface area contributed by atoms with Gasteiger partial charge in [-0.15, -0.1) is 0 Å². The van der Waals surface area contributed by atoms with Crippen LogP contribution in [0.5, 0.6) is 0 Å². The second kappa shape index (κ2) is 7.24. The van der Waals surface area contributed by atoms with Gasteiger partial charge < -0.3 is 14.9 Å². The maximum atomic E-state index is 10.6. The highest BCUT2D eigenvalue weighted by Gasteiger charge is 2.37. The molecule has 2 N–H and O–H groups in total. The maximum absolute atomic E-state index is 10.6. The number of ether oxygens (including phenoxy) is 1. The summed E-state index contributed by atoms with van der Waals surface area (Å²) in [6.45, 7) is 7.93. The Kier molecular flexibility index (Phi) is 5.88. The van der Waals surface area contributed by atoms with Crippen LogP contribution in [0, 0.1) is 29.6 Å². The first-order chi connectivity index (χ1) is 9.50. The van der Waals surface area contributed by atoms with Crippen molar-refractivity contribution in [3.63, 3.8) is 0 Å². The van der Waals surface area contributed by atoms with Crippen LogP contribution in [0.1, 0.15) is 52.9 Å². The Morgan fingerprint density at radius 3 is 2.35 bits per heavy atom. The van der Waals surface area contributed by atoms with Crippen LogP contribution in [-0.2, 0) is 4.74 Å². The highest BCUT2D eigenvalue weighted by molar-refractivity contribution is 4.86. The maximum Gasteiger partial charge on any atom is 0.0643 e. The summed E-state index contributed by atoms with van der Waals surface area (Å²) in [5.74, 6) is 1.84. The summed E-state index contributed by atoms with van der Waals surface area (Å²) in [6.07, 6.45) is 5.09. The van der Waals surface area contributed by atoms with Crippen LogP contribution >= 0.6 is 0 Å². The van der Waals surface area contributed by atoms with Gasteiger partial charge in [-0.3, -0.25) is 0 Å². The van der Waals surface area contributed by atoms with Crippen LogP contribution in [0.3, 0.4) is 0 Å². The van der Waals surface area contributed by atoms with E-state index in [1.807, 2.05) is 0 Å². The molecule has 118 valence electrons. The van der Waals surface area contributed by atoms with Crippen LogP contribution < -0.4 is 0 Å². The van der Waals surface area contributed by atoms with Crippen molar-refractivity contribution in [3.05, 3.63) is 0 Å². The van der Waals surface area contributed by atoms with Gasteiger partial charge in [0.2, 0.25) is 0 Å². The lowest BCUT2D eigenvalue weighted by molar-refractivity contribution is -0.103. The summed E-state index contributed by atoms with van der Waals surface area (Å²) in [6, 6.07) is 0. The van der Waals surface area contributed by atoms with Gasteiger partial charge in [0, 0.05) is 11.8 Å². The highest BCUT2D eigenvalue weighted by atomic mass is 16.5. The molecule has 0 aromatic heterocycles. The molecule has 2 aliphatic rings. The lowest BCUT2D eigenvalue weighted by Gasteiger charge is -2.40. The number of rotatable bonds is 4. The zero-order chi connectivity index (χ0) is 14.7. The van der Waals surface area contributed by atoms with Crippen LogP contribution in [0.25, 0.3) is 0 Å². The van der Waals surface area contributed by atoms with Gasteiger partial charge in [-0.2, -0.15) is 0 Å². The molecule has 1 aliphatic heterocycles. The van der Waals surface area contributed by atoms with E-state index < -0.39 is 0 Å². The standard InChI is InChI=1S/C17H32O3/c1-11(2)15-10-20-9-13(17(15)19)8-12(3)14-6-4-5-7-16(14)18/h11-19H,4-10H2,1-3H3. The van der Waals surface area contributed by atoms with Gasteiger partial charge in [-0.25, -0.2) is 0 Å². The first-order valence-electron chi connectivity index (χ1n) is 8.44. The molecule has 3 heteroatoms. The fraction of sp³-hybridized carbons (Fsp3) is 1.00. The lowest BCUT2D eigenvalue weighted by atomic mass is 9.72. The predicted octanol–water partition coefficient (Wildman–Crippen LogP) is 2.84. The van der Waals surface area contributed by atoms with Crippen molar-refractivity contribution < 1.29 is 14.9 Å². The molecular formula is C17H32O3. The molecule has 6 unspecified atom stereocenters. The Morgan fingerprint density at radius 2 is 1.70 bits per heavy atom. The molecule has 0 radical (unpaired) electrons. The van der Waals surface area contributed by atoms with Gasteiger partial charge in [0.15, 0.2) is 0 Å². The summed E-state index contributed by atoms with van der Waals surface area (Å²) < 4.78 is 5.72. The van der Waals surface area contributed by atoms with Crippen molar-refractivity contribution in [1.82, 2.24) is 0 Å². The minimum absolute atomic E-state index is 0.138. The summed E-state index contributed by atoms with van der Waals surface area (Å²) in [4.78, 5) is 0. The van der Waals surface area contributed by atoms with Crippen LogP contribution in [0.4, 0.5) is 0 Å². The third kappa shape index (κ3) is 3.75. The Morgan fingerprint density at radius 1 is 1.00 bits per heavy atom. The SMILES string of the molecule is CC(C)C1COCC(CC(C)C2CCCCC2O)C1O. The number of aliphatic hydroxyl groups is 2. The third-order valence-electron chi connectivity index (χ3n) is 5.61. The van der Waals surface area contributed by atoms with E-state index in [9.17, 15) is 10.2 Å². The molecule has 2 fully saturated rings. The van der Waals surface area contributed by atoms with E-state index in [-0.39, 0.29) is 24.0 Å². The average Bonchev–Trinajstić information content (AvgIpc) is 2.41. The monoisotopic (exact) mass is 284 g/mol. The second-order valence-corrected chi connectivity index (χ2v) is 7.42. The molecule has 20 heavy (non-hydrogen) atoms. The highest BCUT2D eigenvalue weighted by Crippen LogP contribution is 2.37. The molecule has 1 heterocycles. The molecule has 1 aliphatic carbocycles. The van der Waals surface area contributed by atoms with Crippen LogP contribution in [-0.4, -0.2) is 35.6 Å². The Hall–Kier alpha value is -0.120. The van der Waals surface area contributed by atoms with E-state index in [0.29, 0.717) is 31.0 Å². The first-order valence-corrected chi connectivity index (χ1v) is 8.44. The topological polar surface area (TPSA) is 49.7 Å². The molecule has 2 rings (SSSR count). The fourth-order valence-corrected chi connectivity index (χ4v) is 4.15. The van der Waals surface area contributed by atoms with Crippen molar-refractivity contribution in [2.45, 2.75) is 65.1 Å². The van der Waals surface area contributed by atoms with E-state index >= 15 is 0 Å². The Bertz CT molecular complexity index is 292. The summed E-state index contributed by atoms with van der Waals surface area (Å²) in [5, 5.41) is 20.8. The van der Waals surface area contributed by atoms with Gasteiger partial charge >= 0.3 is 0 Å². The van der Waals surface area contributed by atoms with Crippen molar-refractivity contribution >= 4 is 0 Å². The molecule has 0 bridgehead atoms. The first kappa shape index (κ1) is 16.3. The summed E-state index contributed by atoms with van der Waals surface area (Å²) in [7, 11) is 0. The van der Waals surface area contributed by atoms with Crippen molar-refractivity contribution in [1.29, 1.82) is 0 Å². The van der Waals surface area contributed by atoms with Gasteiger partial charge in [-0.05, 0) is 37.0 Å². The molecule has 6 atom stereocenters. The van der Waals surface area contributed by atoms with E-state index in [2.05, 4.69) is 20.8 Å². The molecule has 1 saturated heterocycles. The summed E-state index contributed by atoms with van der Waals surface area (Å²) in [5.41, 5.74) is 0. The van der Waals surface area contributed by atoms with Crippen molar-refractivity contribution in [3.8, 4) is 0 Å². The minimum Gasteiger partial charge on any atom is -0.393 e. The molecule has 3 nitrogen and oxygen atoms in total. The Labute approximate surface area is 123 Å². The zero-order valence-electron chi connectivity index (χ0n) is 13.3. The van der Waals surface area contributed by atoms with Crippen LogP contribution in [0.15, 0.2) is 0 Å². The number of aliphatic hydroxyl groups excluding tert-OH is 2. The molecular weight excluding hydrogens is 252 g/mol.